The molecular formula is C8H18N2O2. The minimum atomic E-state index is -0.379. The second-order valence-electron chi connectivity index (χ2n) is 3.21. The molecule has 4 heteroatoms. The topological polar surface area (TPSA) is 53.5 Å². The van der Waals surface area contributed by atoms with Gasteiger partial charge in [0, 0.05) is 26.2 Å². The molecule has 1 fully saturated rings. The molecule has 3 N–H and O–H groups in total. The van der Waals surface area contributed by atoms with E-state index in [1.165, 1.54) is 0 Å². The van der Waals surface area contributed by atoms with Crippen LogP contribution in [0.5, 0.6) is 0 Å². The Hall–Kier alpha value is -0.160. The van der Waals surface area contributed by atoms with Gasteiger partial charge in [0.05, 0.1) is 12.7 Å². The summed E-state index contributed by atoms with van der Waals surface area (Å²) in [5.74, 6) is 0. The van der Waals surface area contributed by atoms with Gasteiger partial charge in [0.25, 0.3) is 0 Å². The molecule has 0 aromatic carbocycles. The van der Waals surface area contributed by atoms with Crippen LogP contribution < -0.4 is 10.6 Å². The van der Waals surface area contributed by atoms with E-state index >= 15 is 0 Å². The van der Waals surface area contributed by atoms with E-state index in [1.807, 2.05) is 0 Å². The van der Waals surface area contributed by atoms with Crippen molar-refractivity contribution in [2.24, 2.45) is 0 Å². The van der Waals surface area contributed by atoms with E-state index in [0.717, 1.165) is 19.5 Å². The molecule has 12 heavy (non-hydrogen) atoms. The summed E-state index contributed by atoms with van der Waals surface area (Å²) in [6, 6.07) is 0.525. The Morgan fingerprint density at radius 3 is 3.17 bits per heavy atom. The number of ether oxygens (including phenoxy) is 1. The molecule has 1 aliphatic heterocycles. The van der Waals surface area contributed by atoms with Gasteiger partial charge >= 0.3 is 0 Å². The van der Waals surface area contributed by atoms with E-state index in [2.05, 4.69) is 10.6 Å². The van der Waals surface area contributed by atoms with Crippen LogP contribution in [0.4, 0.5) is 0 Å². The van der Waals surface area contributed by atoms with Crippen LogP contribution in [0.1, 0.15) is 6.42 Å². The summed E-state index contributed by atoms with van der Waals surface area (Å²) in [6.07, 6.45) is 0.773. The van der Waals surface area contributed by atoms with E-state index in [9.17, 15) is 5.11 Å². The van der Waals surface area contributed by atoms with E-state index in [1.54, 1.807) is 7.11 Å². The van der Waals surface area contributed by atoms with E-state index in [0.29, 0.717) is 19.2 Å². The van der Waals surface area contributed by atoms with Gasteiger partial charge in [-0.15, -0.1) is 0 Å². The summed E-state index contributed by atoms with van der Waals surface area (Å²) in [5.41, 5.74) is 0. The van der Waals surface area contributed by atoms with E-state index in [4.69, 9.17) is 4.74 Å². The van der Waals surface area contributed by atoms with Crippen molar-refractivity contribution in [1.82, 2.24) is 10.6 Å². The molecule has 0 radical (unpaired) electrons. The number of nitrogens with one attached hydrogen (secondary N) is 2. The van der Waals surface area contributed by atoms with E-state index < -0.39 is 0 Å². The Balaban J connectivity index is 1.99. The maximum absolute atomic E-state index is 9.30. The molecule has 0 aliphatic carbocycles. The van der Waals surface area contributed by atoms with Gasteiger partial charge in [-0.2, -0.15) is 0 Å². The SMILES string of the molecule is COCC(O)CNC1CCNC1. The Morgan fingerprint density at radius 2 is 2.58 bits per heavy atom. The predicted molar refractivity (Wildman–Crippen MR) is 47.2 cm³/mol. The Kier molecular flexibility index (Phi) is 4.53. The molecule has 2 unspecified atom stereocenters. The van der Waals surface area contributed by atoms with Crippen LogP contribution in [0.25, 0.3) is 0 Å². The van der Waals surface area contributed by atoms with Crippen molar-refractivity contribution in [2.75, 3.05) is 33.4 Å². The highest BCUT2D eigenvalue weighted by atomic mass is 16.5. The Labute approximate surface area is 73.3 Å². The summed E-state index contributed by atoms with van der Waals surface area (Å²) in [5, 5.41) is 15.8. The van der Waals surface area contributed by atoms with Crippen molar-refractivity contribution in [3.63, 3.8) is 0 Å². The molecule has 0 aromatic rings. The third kappa shape index (κ3) is 3.49. The fourth-order valence-electron chi connectivity index (χ4n) is 1.38. The van der Waals surface area contributed by atoms with Gasteiger partial charge in [-0.1, -0.05) is 0 Å². The van der Waals surface area contributed by atoms with Crippen molar-refractivity contribution in [1.29, 1.82) is 0 Å². The largest absolute Gasteiger partial charge is 0.389 e. The van der Waals surface area contributed by atoms with Crippen molar-refractivity contribution in [2.45, 2.75) is 18.6 Å². The first-order chi connectivity index (χ1) is 5.83. The zero-order valence-electron chi connectivity index (χ0n) is 7.55. The number of hydrogen-bond acceptors (Lipinski definition) is 4. The molecule has 0 saturated carbocycles. The molecule has 72 valence electrons. The average Bonchev–Trinajstić information content (AvgIpc) is 2.53. The fourth-order valence-corrected chi connectivity index (χ4v) is 1.38. The summed E-state index contributed by atoms with van der Waals surface area (Å²) in [4.78, 5) is 0. The first kappa shape index (κ1) is 9.92. The highest BCUT2D eigenvalue weighted by Crippen LogP contribution is 1.96. The summed E-state index contributed by atoms with van der Waals surface area (Å²) in [6.45, 7) is 3.13. The van der Waals surface area contributed by atoms with Crippen LogP contribution in [-0.4, -0.2) is 50.6 Å². The number of aliphatic hydroxyl groups is 1. The third-order valence-electron chi connectivity index (χ3n) is 2.06. The van der Waals surface area contributed by atoms with Gasteiger partial charge in [-0.3, -0.25) is 0 Å². The van der Waals surface area contributed by atoms with Gasteiger partial charge < -0.3 is 20.5 Å². The number of rotatable bonds is 5. The van der Waals surface area contributed by atoms with Gasteiger partial charge in [0.1, 0.15) is 0 Å². The van der Waals surface area contributed by atoms with Crippen LogP contribution in [0.15, 0.2) is 0 Å². The highest BCUT2D eigenvalue weighted by Gasteiger charge is 2.14. The molecule has 1 heterocycles. The van der Waals surface area contributed by atoms with Crippen LogP contribution in [0, 0.1) is 0 Å². The van der Waals surface area contributed by atoms with Gasteiger partial charge in [0.2, 0.25) is 0 Å². The molecule has 0 aromatic heterocycles. The number of methoxy groups -OCH3 is 1. The van der Waals surface area contributed by atoms with Crippen molar-refractivity contribution in [3.05, 3.63) is 0 Å². The molecule has 1 aliphatic rings. The molecule has 0 bridgehead atoms. The summed E-state index contributed by atoms with van der Waals surface area (Å²) >= 11 is 0. The minimum Gasteiger partial charge on any atom is -0.389 e. The van der Waals surface area contributed by atoms with Crippen LogP contribution in [0.3, 0.4) is 0 Å². The van der Waals surface area contributed by atoms with E-state index in [-0.39, 0.29) is 6.10 Å². The van der Waals surface area contributed by atoms with Crippen molar-refractivity contribution >= 4 is 0 Å². The predicted octanol–water partition coefficient (Wildman–Crippen LogP) is -1.05. The van der Waals surface area contributed by atoms with Gasteiger partial charge in [0.15, 0.2) is 0 Å². The lowest BCUT2D eigenvalue weighted by Gasteiger charge is -2.14. The lowest BCUT2D eigenvalue weighted by Crippen LogP contribution is -2.38. The highest BCUT2D eigenvalue weighted by molar-refractivity contribution is 4.78. The fraction of sp³-hybridized carbons (Fsp3) is 1.00. The molecule has 4 nitrogen and oxygen atoms in total. The second-order valence-corrected chi connectivity index (χ2v) is 3.21. The number of hydrogen-bond donors (Lipinski definition) is 3. The molecular weight excluding hydrogens is 156 g/mol. The molecule has 2 atom stereocenters. The maximum Gasteiger partial charge on any atom is 0.0897 e. The van der Waals surface area contributed by atoms with Gasteiger partial charge in [-0.25, -0.2) is 0 Å². The minimum absolute atomic E-state index is 0.379. The summed E-state index contributed by atoms with van der Waals surface area (Å²) in [7, 11) is 1.60. The zero-order chi connectivity index (χ0) is 8.81. The van der Waals surface area contributed by atoms with Crippen LogP contribution >= 0.6 is 0 Å². The zero-order valence-corrected chi connectivity index (χ0v) is 7.55. The Bertz CT molecular complexity index is 116. The van der Waals surface area contributed by atoms with Crippen LogP contribution in [0.2, 0.25) is 0 Å². The molecule has 0 spiro atoms. The molecule has 0 amide bonds. The monoisotopic (exact) mass is 174 g/mol. The standard InChI is InChI=1S/C8H18N2O2/c1-12-6-8(11)5-10-7-2-3-9-4-7/h7-11H,2-6H2,1H3. The van der Waals surface area contributed by atoms with Crippen LogP contribution in [-0.2, 0) is 4.74 Å². The normalized spacial score (nSPS) is 26.0. The quantitative estimate of drug-likeness (QED) is 0.497. The van der Waals surface area contributed by atoms with Gasteiger partial charge in [-0.05, 0) is 13.0 Å². The first-order valence-electron chi connectivity index (χ1n) is 4.44. The van der Waals surface area contributed by atoms with Crippen molar-refractivity contribution in [3.8, 4) is 0 Å². The second kappa shape index (κ2) is 5.48. The molecule has 1 saturated heterocycles. The maximum atomic E-state index is 9.30. The lowest BCUT2D eigenvalue weighted by molar-refractivity contribution is 0.0631. The average molecular weight is 174 g/mol. The Morgan fingerprint density at radius 1 is 1.75 bits per heavy atom. The van der Waals surface area contributed by atoms with Crippen molar-refractivity contribution < 1.29 is 9.84 Å². The third-order valence-corrected chi connectivity index (χ3v) is 2.06. The molecule has 1 rings (SSSR count). The number of aliphatic hydroxyl groups excluding tert-OH is 1. The lowest BCUT2D eigenvalue weighted by atomic mass is 10.2. The first-order valence-corrected chi connectivity index (χ1v) is 4.44. The summed E-state index contributed by atoms with van der Waals surface area (Å²) < 4.78 is 4.81. The smallest absolute Gasteiger partial charge is 0.0897 e.